The maximum atomic E-state index is 11.8. The summed E-state index contributed by atoms with van der Waals surface area (Å²) in [6, 6.07) is 15.9. The van der Waals surface area contributed by atoms with Gasteiger partial charge in [0.05, 0.1) is 12.6 Å². The van der Waals surface area contributed by atoms with Crippen molar-refractivity contribution in [2.24, 2.45) is 0 Å². The molecule has 0 radical (unpaired) electrons. The van der Waals surface area contributed by atoms with Crippen LogP contribution in [0.2, 0.25) is 5.02 Å². The lowest BCUT2D eigenvalue weighted by molar-refractivity contribution is 0.148. The van der Waals surface area contributed by atoms with E-state index in [1.165, 1.54) is 0 Å². The molecule has 0 amide bonds. The number of rotatable bonds is 4. The summed E-state index contributed by atoms with van der Waals surface area (Å²) in [6.07, 6.45) is -0.898. The first-order valence-corrected chi connectivity index (χ1v) is 7.08. The largest absolute Gasteiger partial charge is 0.437 e. The van der Waals surface area contributed by atoms with E-state index in [9.17, 15) is 9.90 Å². The quantitative estimate of drug-likeness (QED) is 0.803. The maximum absolute atomic E-state index is 11.8. The second-order valence-electron chi connectivity index (χ2n) is 4.79. The van der Waals surface area contributed by atoms with Gasteiger partial charge in [0.2, 0.25) is 5.89 Å². The van der Waals surface area contributed by atoms with Gasteiger partial charge in [0.1, 0.15) is 0 Å². The lowest BCUT2D eigenvalue weighted by Gasteiger charge is -2.09. The summed E-state index contributed by atoms with van der Waals surface area (Å²) < 4.78 is 6.23. The summed E-state index contributed by atoms with van der Waals surface area (Å²) in [6.45, 7) is -0.00446. The Kier molecular flexibility index (Phi) is 4.09. The number of aliphatic hydroxyl groups is 1. The van der Waals surface area contributed by atoms with Crippen molar-refractivity contribution in [1.29, 1.82) is 0 Å². The number of hydrogen-bond donors (Lipinski definition) is 1. The van der Waals surface area contributed by atoms with E-state index in [4.69, 9.17) is 16.0 Å². The summed E-state index contributed by atoms with van der Waals surface area (Å²) in [7, 11) is 0. The van der Waals surface area contributed by atoms with Crippen LogP contribution in [0.1, 0.15) is 11.7 Å². The lowest BCUT2D eigenvalue weighted by atomic mass is 10.1. The Morgan fingerprint density at radius 2 is 1.95 bits per heavy atom. The molecule has 22 heavy (non-hydrogen) atoms. The smallest absolute Gasteiger partial charge is 0.388 e. The lowest BCUT2D eigenvalue weighted by Crippen LogP contribution is -2.20. The first kappa shape index (κ1) is 14.6. The van der Waals surface area contributed by atoms with Crippen molar-refractivity contribution >= 4 is 11.6 Å². The van der Waals surface area contributed by atoms with Crippen molar-refractivity contribution in [2.45, 2.75) is 12.6 Å². The van der Waals surface area contributed by atoms with Crippen LogP contribution >= 0.6 is 11.6 Å². The Morgan fingerprint density at radius 1 is 1.18 bits per heavy atom. The molecule has 112 valence electrons. The Hall–Kier alpha value is -2.37. The van der Waals surface area contributed by atoms with Crippen LogP contribution in [-0.2, 0) is 6.54 Å². The molecule has 6 heteroatoms. The molecule has 1 heterocycles. The van der Waals surface area contributed by atoms with Gasteiger partial charge in [-0.15, -0.1) is 5.10 Å². The number of benzene rings is 2. The second kappa shape index (κ2) is 6.17. The van der Waals surface area contributed by atoms with E-state index in [0.29, 0.717) is 16.1 Å². The molecule has 0 spiro atoms. The van der Waals surface area contributed by atoms with Crippen molar-refractivity contribution < 1.29 is 9.52 Å². The summed E-state index contributed by atoms with van der Waals surface area (Å²) in [5.74, 6) is -0.385. The van der Waals surface area contributed by atoms with Crippen LogP contribution in [-0.4, -0.2) is 14.9 Å². The van der Waals surface area contributed by atoms with E-state index in [1.54, 1.807) is 36.4 Å². The predicted octanol–water partition coefficient (Wildman–Crippen LogP) is 2.89. The summed E-state index contributed by atoms with van der Waals surface area (Å²) in [5.41, 5.74) is 1.32. The molecule has 2 aromatic carbocycles. The maximum Gasteiger partial charge on any atom is 0.437 e. The molecule has 1 atom stereocenters. The molecule has 0 saturated carbocycles. The fourth-order valence-corrected chi connectivity index (χ4v) is 2.30. The van der Waals surface area contributed by atoms with Crippen LogP contribution in [0.5, 0.6) is 0 Å². The molecule has 0 aliphatic heterocycles. The first-order valence-electron chi connectivity index (χ1n) is 6.70. The highest BCUT2D eigenvalue weighted by Crippen LogP contribution is 2.19. The van der Waals surface area contributed by atoms with Gasteiger partial charge in [-0.25, -0.2) is 4.79 Å². The standard InChI is InChI=1S/C16H13ClN2O3/c17-13-8-4-7-12(9-13)14(20)10-19-16(21)22-15(18-19)11-5-2-1-3-6-11/h1-9,14,20H,10H2. The van der Waals surface area contributed by atoms with Crippen molar-refractivity contribution in [1.82, 2.24) is 9.78 Å². The van der Waals surface area contributed by atoms with E-state index in [0.717, 1.165) is 4.68 Å². The number of hydrogen-bond acceptors (Lipinski definition) is 4. The number of nitrogens with zero attached hydrogens (tertiary/aromatic N) is 2. The molecular formula is C16H13ClN2O3. The molecule has 3 aromatic rings. The Bertz CT molecular complexity index is 827. The van der Waals surface area contributed by atoms with E-state index in [2.05, 4.69) is 5.10 Å². The third-order valence-electron chi connectivity index (χ3n) is 3.21. The van der Waals surface area contributed by atoms with Crippen LogP contribution in [0, 0.1) is 0 Å². The van der Waals surface area contributed by atoms with Crippen LogP contribution in [0.25, 0.3) is 11.5 Å². The third-order valence-corrected chi connectivity index (χ3v) is 3.44. The van der Waals surface area contributed by atoms with Gasteiger partial charge >= 0.3 is 5.76 Å². The van der Waals surface area contributed by atoms with Gasteiger partial charge < -0.3 is 9.52 Å². The van der Waals surface area contributed by atoms with Gasteiger partial charge in [0.25, 0.3) is 0 Å². The molecule has 1 aromatic heterocycles. The van der Waals surface area contributed by atoms with Gasteiger partial charge in [0, 0.05) is 10.6 Å². The zero-order valence-corrected chi connectivity index (χ0v) is 12.3. The van der Waals surface area contributed by atoms with Gasteiger partial charge in [-0.05, 0) is 29.8 Å². The minimum absolute atomic E-state index is 0.00446. The SMILES string of the molecule is O=c1oc(-c2ccccc2)nn1CC(O)c1cccc(Cl)c1. The molecule has 0 aliphatic rings. The van der Waals surface area contributed by atoms with Crippen molar-refractivity contribution in [3.63, 3.8) is 0 Å². The Labute approximate surface area is 131 Å². The molecule has 5 nitrogen and oxygen atoms in total. The molecule has 0 aliphatic carbocycles. The minimum Gasteiger partial charge on any atom is -0.388 e. The summed E-state index contributed by atoms with van der Waals surface area (Å²) >= 11 is 5.89. The van der Waals surface area contributed by atoms with Crippen molar-refractivity contribution in [3.05, 3.63) is 75.7 Å². The monoisotopic (exact) mass is 316 g/mol. The molecule has 1 N–H and O–H groups in total. The zero-order valence-electron chi connectivity index (χ0n) is 11.5. The fourth-order valence-electron chi connectivity index (χ4n) is 2.10. The van der Waals surface area contributed by atoms with Crippen molar-refractivity contribution in [3.8, 4) is 11.5 Å². The normalized spacial score (nSPS) is 12.3. The topological polar surface area (TPSA) is 68.3 Å². The Balaban J connectivity index is 1.84. The summed E-state index contributed by atoms with van der Waals surface area (Å²) in [5, 5.41) is 14.8. The molecule has 0 bridgehead atoms. The summed E-state index contributed by atoms with van der Waals surface area (Å²) in [4.78, 5) is 11.8. The first-order chi connectivity index (χ1) is 10.6. The number of aliphatic hydroxyl groups excluding tert-OH is 1. The average molecular weight is 317 g/mol. The molecular weight excluding hydrogens is 304 g/mol. The van der Waals surface area contributed by atoms with Gasteiger partial charge in [-0.3, -0.25) is 0 Å². The van der Waals surface area contributed by atoms with E-state index in [-0.39, 0.29) is 12.4 Å². The predicted molar refractivity (Wildman–Crippen MR) is 82.6 cm³/mol. The number of aromatic nitrogens is 2. The molecule has 0 saturated heterocycles. The molecule has 0 fully saturated rings. The molecule has 1 unspecified atom stereocenters. The Morgan fingerprint density at radius 3 is 2.68 bits per heavy atom. The second-order valence-corrected chi connectivity index (χ2v) is 5.23. The van der Waals surface area contributed by atoms with Crippen LogP contribution in [0.4, 0.5) is 0 Å². The van der Waals surface area contributed by atoms with E-state index < -0.39 is 11.9 Å². The minimum atomic E-state index is -0.898. The highest BCUT2D eigenvalue weighted by Gasteiger charge is 2.15. The van der Waals surface area contributed by atoms with Crippen LogP contribution in [0.15, 0.2) is 63.8 Å². The average Bonchev–Trinajstić information content (AvgIpc) is 2.89. The highest BCUT2D eigenvalue weighted by molar-refractivity contribution is 6.30. The van der Waals surface area contributed by atoms with E-state index >= 15 is 0 Å². The van der Waals surface area contributed by atoms with Gasteiger partial charge in [-0.1, -0.05) is 41.9 Å². The highest BCUT2D eigenvalue weighted by atomic mass is 35.5. The van der Waals surface area contributed by atoms with Crippen molar-refractivity contribution in [2.75, 3.05) is 0 Å². The molecule has 3 rings (SSSR count). The fraction of sp³-hybridized carbons (Fsp3) is 0.125. The van der Waals surface area contributed by atoms with Gasteiger partial charge in [-0.2, -0.15) is 4.68 Å². The van der Waals surface area contributed by atoms with Gasteiger partial charge in [0.15, 0.2) is 0 Å². The zero-order chi connectivity index (χ0) is 15.5. The van der Waals surface area contributed by atoms with Crippen LogP contribution < -0.4 is 5.76 Å². The van der Waals surface area contributed by atoms with E-state index in [1.807, 2.05) is 18.2 Å². The third kappa shape index (κ3) is 3.10. The van der Waals surface area contributed by atoms with Crippen LogP contribution in [0.3, 0.4) is 0 Å². The number of halogens is 1.